The van der Waals surface area contributed by atoms with Gasteiger partial charge < -0.3 is 14.6 Å². The molecule has 0 spiro atoms. The Morgan fingerprint density at radius 2 is 1.42 bits per heavy atom. The molecular formula is C33H48O4Si. The lowest BCUT2D eigenvalue weighted by atomic mass is 9.76. The fourth-order valence-corrected chi connectivity index (χ4v) is 8.06. The fourth-order valence-electron chi connectivity index (χ4n) is 5.47. The highest BCUT2D eigenvalue weighted by atomic mass is 28.3. The van der Waals surface area contributed by atoms with Crippen LogP contribution >= 0.6 is 0 Å². The Bertz CT molecular complexity index is 989. The number of esters is 1. The molecule has 0 saturated heterocycles. The van der Waals surface area contributed by atoms with Crippen LogP contribution in [0.1, 0.15) is 87.7 Å². The highest BCUT2D eigenvalue weighted by Gasteiger charge is 2.25. The van der Waals surface area contributed by atoms with Crippen LogP contribution in [-0.2, 0) is 9.53 Å². The Kier molecular flexibility index (Phi) is 12.1. The molecule has 0 aliphatic heterocycles. The highest BCUT2D eigenvalue weighted by molar-refractivity contribution is 6.89. The summed E-state index contributed by atoms with van der Waals surface area (Å²) < 4.78 is 11.0. The van der Waals surface area contributed by atoms with E-state index in [4.69, 9.17) is 14.6 Å². The molecule has 0 radical (unpaired) electrons. The molecule has 3 rings (SSSR count). The molecule has 0 amide bonds. The van der Waals surface area contributed by atoms with Crippen molar-refractivity contribution in [2.45, 2.75) is 95.7 Å². The van der Waals surface area contributed by atoms with Gasteiger partial charge in [0.25, 0.3) is 0 Å². The number of ether oxygens (including phenoxy) is 2. The van der Waals surface area contributed by atoms with Gasteiger partial charge in [-0.25, -0.2) is 4.79 Å². The second-order valence-corrected chi connectivity index (χ2v) is 16.4. The summed E-state index contributed by atoms with van der Waals surface area (Å²) in [6.45, 7) is 11.4. The van der Waals surface area contributed by atoms with E-state index in [1.165, 1.54) is 55.7 Å². The first-order valence-corrected chi connectivity index (χ1v) is 17.8. The van der Waals surface area contributed by atoms with Crippen LogP contribution in [0.4, 0.5) is 0 Å². The molecule has 2 aromatic rings. The van der Waals surface area contributed by atoms with Crippen LogP contribution < -0.4 is 9.92 Å². The molecule has 38 heavy (non-hydrogen) atoms. The maximum atomic E-state index is 11.4. The summed E-state index contributed by atoms with van der Waals surface area (Å²) in [5, 5.41) is 10.5. The average Bonchev–Trinajstić information content (AvgIpc) is 2.95. The van der Waals surface area contributed by atoms with Gasteiger partial charge in [-0.1, -0.05) is 87.1 Å². The van der Waals surface area contributed by atoms with E-state index in [9.17, 15) is 4.79 Å². The molecule has 5 heteroatoms. The van der Waals surface area contributed by atoms with Crippen LogP contribution in [0, 0.1) is 0 Å². The van der Waals surface area contributed by atoms with E-state index < -0.39 is 14.0 Å². The standard InChI is InChI=1S/C33H48O4Si/c1-5-6-24-38(3,4)32-20-16-30(17-21-32)28-12-10-27(11-13-28)29-14-18-31(19-15-29)36-22-8-7-9-23-37-33(35)26(2)25-34/h14-21,27-28,34H,2,5-13,22-25H2,1,3-4H3. The van der Waals surface area contributed by atoms with Gasteiger partial charge in [-0.2, -0.15) is 0 Å². The molecule has 0 aromatic heterocycles. The zero-order valence-corrected chi connectivity index (χ0v) is 24.8. The van der Waals surface area contributed by atoms with Crippen LogP contribution in [0.5, 0.6) is 5.75 Å². The van der Waals surface area contributed by atoms with E-state index in [1.54, 1.807) is 5.19 Å². The van der Waals surface area contributed by atoms with Gasteiger partial charge in [0.1, 0.15) is 5.75 Å². The van der Waals surface area contributed by atoms with Crippen molar-refractivity contribution in [2.24, 2.45) is 0 Å². The van der Waals surface area contributed by atoms with Crippen molar-refractivity contribution >= 4 is 19.2 Å². The van der Waals surface area contributed by atoms with Crippen molar-refractivity contribution in [3.63, 3.8) is 0 Å². The van der Waals surface area contributed by atoms with Gasteiger partial charge in [0.15, 0.2) is 0 Å². The number of carbonyl (C=O) groups excluding carboxylic acids is 1. The molecule has 1 fully saturated rings. The molecule has 0 unspecified atom stereocenters. The largest absolute Gasteiger partial charge is 0.494 e. The highest BCUT2D eigenvalue weighted by Crippen LogP contribution is 2.40. The second kappa shape index (κ2) is 15.3. The molecule has 1 N–H and O–H groups in total. The number of benzene rings is 2. The summed E-state index contributed by atoms with van der Waals surface area (Å²) in [7, 11) is -1.29. The Morgan fingerprint density at radius 3 is 1.97 bits per heavy atom. The number of carbonyl (C=O) groups is 1. The zero-order valence-electron chi connectivity index (χ0n) is 23.8. The quantitative estimate of drug-likeness (QED) is 0.111. The second-order valence-electron chi connectivity index (χ2n) is 11.5. The van der Waals surface area contributed by atoms with Crippen molar-refractivity contribution in [1.82, 2.24) is 0 Å². The monoisotopic (exact) mass is 536 g/mol. The minimum Gasteiger partial charge on any atom is -0.494 e. The van der Waals surface area contributed by atoms with E-state index in [0.717, 1.165) is 25.0 Å². The van der Waals surface area contributed by atoms with Gasteiger partial charge in [0, 0.05) is 0 Å². The van der Waals surface area contributed by atoms with Crippen LogP contribution in [-0.4, -0.2) is 39.0 Å². The molecule has 2 aromatic carbocycles. The minimum absolute atomic E-state index is 0.0954. The Labute approximate surface area is 231 Å². The first-order valence-electron chi connectivity index (χ1n) is 14.6. The maximum absolute atomic E-state index is 11.4. The fraction of sp³-hybridized carbons (Fsp3) is 0.545. The van der Waals surface area contributed by atoms with E-state index in [0.29, 0.717) is 25.0 Å². The molecule has 0 bridgehead atoms. The topological polar surface area (TPSA) is 55.8 Å². The number of unbranched alkanes of at least 4 members (excludes halogenated alkanes) is 3. The number of aliphatic hydroxyl groups excluding tert-OH is 1. The van der Waals surface area contributed by atoms with E-state index >= 15 is 0 Å². The third-order valence-electron chi connectivity index (χ3n) is 8.17. The summed E-state index contributed by atoms with van der Waals surface area (Å²) in [6.07, 6.45) is 10.3. The number of rotatable bonds is 15. The van der Waals surface area contributed by atoms with E-state index in [1.807, 2.05) is 0 Å². The molecule has 1 aliphatic rings. The first-order chi connectivity index (χ1) is 18.3. The molecular weight excluding hydrogens is 488 g/mol. The predicted octanol–water partition coefficient (Wildman–Crippen LogP) is 7.48. The van der Waals surface area contributed by atoms with Crippen molar-refractivity contribution in [1.29, 1.82) is 0 Å². The first kappa shape index (κ1) is 30.2. The van der Waals surface area contributed by atoms with Gasteiger partial charge in [-0.3, -0.25) is 0 Å². The predicted molar refractivity (Wildman–Crippen MR) is 160 cm³/mol. The normalized spacial score (nSPS) is 17.7. The lowest BCUT2D eigenvalue weighted by Crippen LogP contribution is -2.40. The molecule has 4 nitrogen and oxygen atoms in total. The van der Waals surface area contributed by atoms with Crippen LogP contribution in [0.2, 0.25) is 19.1 Å². The van der Waals surface area contributed by atoms with Gasteiger partial charge in [0.05, 0.1) is 33.5 Å². The number of hydrogen-bond acceptors (Lipinski definition) is 4. The van der Waals surface area contributed by atoms with E-state index in [-0.39, 0.29) is 12.2 Å². The smallest absolute Gasteiger partial charge is 0.335 e. The molecule has 1 aliphatic carbocycles. The lowest BCUT2D eigenvalue weighted by molar-refractivity contribution is -0.139. The summed E-state index contributed by atoms with van der Waals surface area (Å²) in [5.74, 6) is 1.73. The SMILES string of the molecule is C=C(CO)C(=O)OCCCCCOc1ccc(C2CCC(c3ccc([Si](C)(C)CCCC)cc3)CC2)cc1. The Morgan fingerprint density at radius 1 is 0.868 bits per heavy atom. The van der Waals surface area contributed by atoms with Crippen molar-refractivity contribution in [3.05, 3.63) is 71.8 Å². The zero-order chi connectivity index (χ0) is 27.4. The van der Waals surface area contributed by atoms with E-state index in [2.05, 4.69) is 75.1 Å². The Balaban J connectivity index is 1.36. The van der Waals surface area contributed by atoms with Gasteiger partial charge in [-0.05, 0) is 80.0 Å². The number of aliphatic hydroxyl groups is 1. The molecule has 0 heterocycles. The van der Waals surface area contributed by atoms with Gasteiger partial charge >= 0.3 is 5.97 Å². The maximum Gasteiger partial charge on any atom is 0.335 e. The van der Waals surface area contributed by atoms with Crippen molar-refractivity contribution in [3.8, 4) is 5.75 Å². The molecule has 1 saturated carbocycles. The third-order valence-corrected chi connectivity index (χ3v) is 11.7. The molecule has 0 atom stereocenters. The lowest BCUT2D eigenvalue weighted by Gasteiger charge is -2.30. The van der Waals surface area contributed by atoms with Gasteiger partial charge in [0.2, 0.25) is 0 Å². The minimum atomic E-state index is -1.29. The van der Waals surface area contributed by atoms with Crippen LogP contribution in [0.3, 0.4) is 0 Å². The summed E-state index contributed by atoms with van der Waals surface area (Å²) >= 11 is 0. The van der Waals surface area contributed by atoms with Gasteiger partial charge in [-0.15, -0.1) is 0 Å². The third kappa shape index (κ3) is 9.13. The van der Waals surface area contributed by atoms with Crippen molar-refractivity contribution in [2.75, 3.05) is 19.8 Å². The summed E-state index contributed by atoms with van der Waals surface area (Å²) in [4.78, 5) is 11.4. The van der Waals surface area contributed by atoms with Crippen LogP contribution in [0.15, 0.2) is 60.7 Å². The molecule has 208 valence electrons. The number of hydrogen-bond donors (Lipinski definition) is 1. The van der Waals surface area contributed by atoms with Crippen LogP contribution in [0.25, 0.3) is 0 Å². The Hall–Kier alpha value is -2.37. The summed E-state index contributed by atoms with van der Waals surface area (Å²) in [6, 6.07) is 19.8. The summed E-state index contributed by atoms with van der Waals surface area (Å²) in [5.41, 5.74) is 3.06. The van der Waals surface area contributed by atoms with Crippen molar-refractivity contribution < 1.29 is 19.4 Å². The average molecular weight is 537 g/mol.